The van der Waals surface area contributed by atoms with Gasteiger partial charge in [-0.2, -0.15) is 0 Å². The number of hydrogen-bond acceptors (Lipinski definition) is 3. The largest absolute Gasteiger partial charge is 0.381 e. The van der Waals surface area contributed by atoms with Crippen LogP contribution in [0.25, 0.3) is 0 Å². The number of piperazine rings is 1. The molecule has 2 rings (SSSR count). The third-order valence-corrected chi connectivity index (χ3v) is 3.96. The lowest BCUT2D eigenvalue weighted by Crippen LogP contribution is -2.96. The Morgan fingerprint density at radius 3 is 3.11 bits per heavy atom. The number of carbonyl (C=O) groups is 2. The van der Waals surface area contributed by atoms with E-state index in [9.17, 15) is 9.59 Å². The first-order valence-electron chi connectivity index (χ1n) is 7.12. The molecule has 1 aliphatic carbocycles. The number of ether oxygens (including phenoxy) is 1. The van der Waals surface area contributed by atoms with Gasteiger partial charge in [-0.25, -0.2) is 0 Å². The lowest BCUT2D eigenvalue weighted by molar-refractivity contribution is -0.678. The number of nitrogens with one attached hydrogen (secondary N) is 2. The number of methoxy groups -OCH3 is 1. The van der Waals surface area contributed by atoms with Crippen LogP contribution in [0.3, 0.4) is 0 Å². The Balaban J connectivity index is 1.75. The van der Waals surface area contributed by atoms with Crippen LogP contribution >= 0.6 is 0 Å². The van der Waals surface area contributed by atoms with Crippen LogP contribution in [0.1, 0.15) is 32.1 Å². The van der Waals surface area contributed by atoms with E-state index in [0.717, 1.165) is 32.2 Å². The highest BCUT2D eigenvalue weighted by Gasteiger charge is 2.29. The fraction of sp³-hybridized carbons (Fsp3) is 0.846. The normalized spacial score (nSPS) is 31.6. The zero-order chi connectivity index (χ0) is 13.7. The summed E-state index contributed by atoms with van der Waals surface area (Å²) in [7, 11) is 1.72. The first-order valence-corrected chi connectivity index (χ1v) is 7.12. The molecule has 2 amide bonds. The molecule has 0 spiro atoms. The summed E-state index contributed by atoms with van der Waals surface area (Å²) in [6.07, 6.45) is 4.56. The van der Waals surface area contributed by atoms with Crippen molar-refractivity contribution in [1.82, 2.24) is 10.6 Å². The molecule has 0 bridgehead atoms. The summed E-state index contributed by atoms with van der Waals surface area (Å²) >= 11 is 0. The molecule has 0 radical (unpaired) electrons. The minimum absolute atomic E-state index is 0.0277. The van der Waals surface area contributed by atoms with Crippen molar-refractivity contribution in [2.24, 2.45) is 0 Å². The predicted molar refractivity (Wildman–Crippen MR) is 69.4 cm³/mol. The molecule has 2 fully saturated rings. The number of amides is 2. The van der Waals surface area contributed by atoms with Crippen LogP contribution in [0.2, 0.25) is 0 Å². The van der Waals surface area contributed by atoms with Crippen LogP contribution < -0.4 is 16.0 Å². The highest BCUT2D eigenvalue weighted by atomic mass is 16.5. The van der Waals surface area contributed by atoms with Crippen molar-refractivity contribution >= 4 is 11.8 Å². The maximum atomic E-state index is 12.0. The summed E-state index contributed by atoms with van der Waals surface area (Å²) in [4.78, 5) is 23.5. The van der Waals surface area contributed by atoms with Crippen LogP contribution in [-0.2, 0) is 14.3 Å². The summed E-state index contributed by atoms with van der Waals surface area (Å²) in [5.41, 5.74) is 0. The Morgan fingerprint density at radius 1 is 1.53 bits per heavy atom. The standard InChI is InChI=1S/C13H23N3O3/c1-19-10-4-2-3-9(7-10)16-12(17)8-11-13(18)15-6-5-14-11/h9-11,14H,2-8H2,1H3,(H,15,18)(H,16,17)/p+1/t9?,10?,11-/m0/s1. The smallest absolute Gasteiger partial charge is 0.278 e. The lowest BCUT2D eigenvalue weighted by atomic mass is 9.92. The van der Waals surface area contributed by atoms with Crippen LogP contribution in [0.15, 0.2) is 0 Å². The van der Waals surface area contributed by atoms with E-state index in [1.54, 1.807) is 7.11 Å². The van der Waals surface area contributed by atoms with E-state index in [1.165, 1.54) is 0 Å². The van der Waals surface area contributed by atoms with Crippen molar-refractivity contribution in [2.45, 2.75) is 50.3 Å². The van der Waals surface area contributed by atoms with Gasteiger partial charge >= 0.3 is 0 Å². The molecule has 19 heavy (non-hydrogen) atoms. The molecule has 1 saturated carbocycles. The van der Waals surface area contributed by atoms with Crippen LogP contribution in [0, 0.1) is 0 Å². The lowest BCUT2D eigenvalue weighted by Gasteiger charge is -2.29. The topological polar surface area (TPSA) is 84.0 Å². The van der Waals surface area contributed by atoms with Crippen molar-refractivity contribution in [2.75, 3.05) is 20.2 Å². The molecule has 2 unspecified atom stereocenters. The summed E-state index contributed by atoms with van der Waals surface area (Å²) in [5, 5.41) is 7.76. The first kappa shape index (κ1) is 14.3. The van der Waals surface area contributed by atoms with Gasteiger partial charge in [-0.05, 0) is 25.7 Å². The SMILES string of the molecule is COC1CCCC(NC(=O)C[C@@H]2[NH2+]CCNC2=O)C1. The zero-order valence-electron chi connectivity index (χ0n) is 11.5. The Kier molecular flexibility index (Phi) is 5.15. The molecule has 6 heteroatoms. The molecule has 108 valence electrons. The van der Waals surface area contributed by atoms with Crippen molar-refractivity contribution < 1.29 is 19.6 Å². The van der Waals surface area contributed by atoms with Crippen molar-refractivity contribution in [3.8, 4) is 0 Å². The summed E-state index contributed by atoms with van der Waals surface area (Å²) < 4.78 is 5.35. The molecule has 4 N–H and O–H groups in total. The van der Waals surface area contributed by atoms with Gasteiger partial charge in [-0.15, -0.1) is 0 Å². The molecule has 1 aliphatic heterocycles. The van der Waals surface area contributed by atoms with Crippen LogP contribution in [0.5, 0.6) is 0 Å². The fourth-order valence-corrected chi connectivity index (χ4v) is 2.87. The van der Waals surface area contributed by atoms with Gasteiger partial charge in [-0.3, -0.25) is 9.59 Å². The van der Waals surface area contributed by atoms with Crippen LogP contribution in [0.4, 0.5) is 0 Å². The molecule has 1 heterocycles. The van der Waals surface area contributed by atoms with Crippen LogP contribution in [-0.4, -0.2) is 50.2 Å². The number of nitrogens with two attached hydrogens (primary N) is 1. The number of hydrogen-bond donors (Lipinski definition) is 3. The second-order valence-corrected chi connectivity index (χ2v) is 5.41. The van der Waals surface area contributed by atoms with Gasteiger partial charge in [0, 0.05) is 13.2 Å². The van der Waals surface area contributed by atoms with Crippen molar-refractivity contribution in [3.05, 3.63) is 0 Å². The Hall–Kier alpha value is -1.14. The van der Waals surface area contributed by atoms with E-state index >= 15 is 0 Å². The highest BCUT2D eigenvalue weighted by Crippen LogP contribution is 2.20. The maximum absolute atomic E-state index is 12.0. The molecule has 2 aliphatic rings. The van der Waals surface area contributed by atoms with Crippen molar-refractivity contribution in [3.63, 3.8) is 0 Å². The van der Waals surface area contributed by atoms with Gasteiger partial charge in [0.25, 0.3) is 5.91 Å². The number of quaternary nitrogens is 1. The zero-order valence-corrected chi connectivity index (χ0v) is 11.5. The maximum Gasteiger partial charge on any atom is 0.278 e. The molecule has 3 atom stereocenters. The molecule has 1 saturated heterocycles. The monoisotopic (exact) mass is 270 g/mol. The number of rotatable bonds is 4. The first-order chi connectivity index (χ1) is 9.19. The predicted octanol–water partition coefficient (Wildman–Crippen LogP) is -1.49. The number of carbonyl (C=O) groups excluding carboxylic acids is 2. The van der Waals surface area contributed by atoms with Gasteiger partial charge < -0.3 is 20.7 Å². The van der Waals surface area contributed by atoms with Gasteiger partial charge in [-0.1, -0.05) is 0 Å². The van der Waals surface area contributed by atoms with Gasteiger partial charge in [0.2, 0.25) is 5.91 Å². The summed E-state index contributed by atoms with van der Waals surface area (Å²) in [6.45, 7) is 1.54. The summed E-state index contributed by atoms with van der Waals surface area (Å²) in [6, 6.07) is -0.0755. The van der Waals surface area contributed by atoms with Gasteiger partial charge in [0.05, 0.1) is 25.6 Å². The average molecular weight is 270 g/mol. The van der Waals surface area contributed by atoms with E-state index in [4.69, 9.17) is 4.74 Å². The molecule has 0 aromatic rings. The molecule has 0 aromatic carbocycles. The van der Waals surface area contributed by atoms with Gasteiger partial charge in [0.1, 0.15) is 0 Å². The molecular formula is C13H24N3O3+. The van der Waals surface area contributed by atoms with E-state index in [1.807, 2.05) is 5.32 Å². The Labute approximate surface area is 113 Å². The molecular weight excluding hydrogens is 246 g/mol. The van der Waals surface area contributed by atoms with Gasteiger partial charge in [0.15, 0.2) is 6.04 Å². The van der Waals surface area contributed by atoms with E-state index in [0.29, 0.717) is 6.54 Å². The van der Waals surface area contributed by atoms with E-state index in [2.05, 4.69) is 10.6 Å². The molecule has 6 nitrogen and oxygen atoms in total. The second kappa shape index (κ2) is 6.86. The third kappa shape index (κ3) is 4.18. The van der Waals surface area contributed by atoms with E-state index in [-0.39, 0.29) is 36.4 Å². The minimum atomic E-state index is -0.268. The van der Waals surface area contributed by atoms with E-state index < -0.39 is 0 Å². The Morgan fingerprint density at radius 2 is 2.37 bits per heavy atom. The highest BCUT2D eigenvalue weighted by molar-refractivity contribution is 5.87. The second-order valence-electron chi connectivity index (χ2n) is 5.41. The molecule has 0 aromatic heterocycles. The summed E-state index contributed by atoms with van der Waals surface area (Å²) in [5.74, 6) is -0.0557. The fourth-order valence-electron chi connectivity index (χ4n) is 2.87. The average Bonchev–Trinajstić information content (AvgIpc) is 2.41. The quantitative estimate of drug-likeness (QED) is 0.582. The Bertz CT molecular complexity index is 335. The minimum Gasteiger partial charge on any atom is -0.381 e. The third-order valence-electron chi connectivity index (χ3n) is 3.96. The van der Waals surface area contributed by atoms with Crippen molar-refractivity contribution in [1.29, 1.82) is 0 Å².